The van der Waals surface area contributed by atoms with Crippen LogP contribution in [0.3, 0.4) is 0 Å². The monoisotopic (exact) mass is 388 g/mol. The van der Waals surface area contributed by atoms with E-state index in [4.69, 9.17) is 0 Å². The first-order valence-electron chi connectivity index (χ1n) is 9.17. The van der Waals surface area contributed by atoms with Gasteiger partial charge in [0, 0.05) is 25.2 Å². The van der Waals surface area contributed by atoms with Crippen molar-refractivity contribution in [3.8, 4) is 0 Å². The van der Waals surface area contributed by atoms with Crippen LogP contribution < -0.4 is 5.32 Å². The molecule has 0 bridgehead atoms. The average Bonchev–Trinajstić information content (AvgIpc) is 2.62. The van der Waals surface area contributed by atoms with Crippen molar-refractivity contribution in [3.63, 3.8) is 0 Å². The molecule has 5 nitrogen and oxygen atoms in total. The first-order valence-corrected chi connectivity index (χ1v) is 10.6. The van der Waals surface area contributed by atoms with Gasteiger partial charge >= 0.3 is 0 Å². The second-order valence-corrected chi connectivity index (χ2v) is 8.98. The SMILES string of the molecule is CCC[C@@H](C)NC(=O)c1ccc(CN(C)S(=O)(=O)c2ccc(C)cc2)cc1. The van der Waals surface area contributed by atoms with Crippen molar-refractivity contribution in [2.75, 3.05) is 7.05 Å². The van der Waals surface area contributed by atoms with Crippen LogP contribution in [-0.2, 0) is 16.6 Å². The molecule has 6 heteroatoms. The zero-order chi connectivity index (χ0) is 20.0. The van der Waals surface area contributed by atoms with E-state index in [9.17, 15) is 13.2 Å². The number of sulfonamides is 1. The summed E-state index contributed by atoms with van der Waals surface area (Å²) >= 11 is 0. The average molecular weight is 389 g/mol. The lowest BCUT2D eigenvalue weighted by Gasteiger charge is -2.18. The number of rotatable bonds is 8. The fraction of sp³-hybridized carbons (Fsp3) is 0.381. The van der Waals surface area contributed by atoms with Gasteiger partial charge in [0.05, 0.1) is 4.90 Å². The van der Waals surface area contributed by atoms with E-state index >= 15 is 0 Å². The molecule has 2 aromatic carbocycles. The molecule has 0 fully saturated rings. The normalized spacial score (nSPS) is 12.8. The molecule has 0 aromatic heterocycles. The van der Waals surface area contributed by atoms with Crippen molar-refractivity contribution in [1.29, 1.82) is 0 Å². The maximum absolute atomic E-state index is 12.7. The largest absolute Gasteiger partial charge is 0.350 e. The first kappa shape index (κ1) is 21.1. The van der Waals surface area contributed by atoms with Gasteiger partial charge in [-0.15, -0.1) is 0 Å². The van der Waals surface area contributed by atoms with E-state index in [2.05, 4.69) is 12.2 Å². The summed E-state index contributed by atoms with van der Waals surface area (Å²) < 4.78 is 26.7. The minimum Gasteiger partial charge on any atom is -0.350 e. The first-order chi connectivity index (χ1) is 12.7. The van der Waals surface area contributed by atoms with Gasteiger partial charge < -0.3 is 5.32 Å². The van der Waals surface area contributed by atoms with Gasteiger partial charge in [-0.25, -0.2) is 8.42 Å². The molecule has 0 unspecified atom stereocenters. The lowest BCUT2D eigenvalue weighted by atomic mass is 10.1. The zero-order valence-electron chi connectivity index (χ0n) is 16.4. The van der Waals surface area contributed by atoms with Crippen molar-refractivity contribution >= 4 is 15.9 Å². The molecule has 0 saturated heterocycles. The number of nitrogens with zero attached hydrogens (tertiary/aromatic N) is 1. The highest BCUT2D eigenvalue weighted by molar-refractivity contribution is 7.89. The van der Waals surface area contributed by atoms with Crippen LogP contribution in [-0.4, -0.2) is 31.7 Å². The number of carbonyl (C=O) groups is 1. The Morgan fingerprint density at radius 1 is 1.07 bits per heavy atom. The van der Waals surface area contributed by atoms with Crippen LogP contribution in [0.25, 0.3) is 0 Å². The number of benzene rings is 2. The van der Waals surface area contributed by atoms with Gasteiger partial charge in [0.1, 0.15) is 0 Å². The van der Waals surface area contributed by atoms with Crippen LogP contribution in [0.1, 0.15) is 48.2 Å². The number of hydrogen-bond acceptors (Lipinski definition) is 3. The van der Waals surface area contributed by atoms with Gasteiger partial charge in [0.25, 0.3) is 5.91 Å². The lowest BCUT2D eigenvalue weighted by molar-refractivity contribution is 0.0938. The second kappa shape index (κ2) is 9.15. The summed E-state index contributed by atoms with van der Waals surface area (Å²) in [5, 5.41) is 2.96. The molecular formula is C21H28N2O3S. The highest BCUT2D eigenvalue weighted by Crippen LogP contribution is 2.17. The molecule has 0 radical (unpaired) electrons. The highest BCUT2D eigenvalue weighted by Gasteiger charge is 2.20. The zero-order valence-corrected chi connectivity index (χ0v) is 17.2. The molecule has 0 saturated carbocycles. The number of hydrogen-bond donors (Lipinski definition) is 1. The predicted octanol–water partition coefficient (Wildman–Crippen LogP) is 3.73. The maximum atomic E-state index is 12.7. The molecule has 0 heterocycles. The Kier molecular flexibility index (Phi) is 7.16. The van der Waals surface area contributed by atoms with Crippen LogP contribution in [0.15, 0.2) is 53.4 Å². The number of aryl methyl sites for hydroxylation is 1. The maximum Gasteiger partial charge on any atom is 0.251 e. The fourth-order valence-corrected chi connectivity index (χ4v) is 3.97. The van der Waals surface area contributed by atoms with E-state index in [0.29, 0.717) is 5.56 Å². The summed E-state index contributed by atoms with van der Waals surface area (Å²) in [7, 11) is -1.99. The molecule has 0 aliphatic rings. The van der Waals surface area contributed by atoms with E-state index in [1.54, 1.807) is 55.6 Å². The van der Waals surface area contributed by atoms with Gasteiger partial charge in [-0.05, 0) is 50.1 Å². The van der Waals surface area contributed by atoms with Crippen molar-refractivity contribution in [2.24, 2.45) is 0 Å². The quantitative estimate of drug-likeness (QED) is 0.749. The van der Waals surface area contributed by atoms with E-state index in [0.717, 1.165) is 24.0 Å². The minimum atomic E-state index is -3.55. The molecule has 27 heavy (non-hydrogen) atoms. The molecule has 146 valence electrons. The summed E-state index contributed by atoms with van der Waals surface area (Å²) in [6.07, 6.45) is 1.95. The molecule has 2 rings (SSSR count). The summed E-state index contributed by atoms with van der Waals surface area (Å²) in [5.41, 5.74) is 2.41. The molecule has 1 atom stereocenters. The highest BCUT2D eigenvalue weighted by atomic mass is 32.2. The fourth-order valence-electron chi connectivity index (χ4n) is 2.81. The summed E-state index contributed by atoms with van der Waals surface area (Å²) in [6.45, 7) is 6.23. The molecule has 1 amide bonds. The second-order valence-electron chi connectivity index (χ2n) is 6.93. The third-order valence-electron chi connectivity index (χ3n) is 4.45. The van der Waals surface area contributed by atoms with Gasteiger partial charge in [-0.3, -0.25) is 4.79 Å². The van der Waals surface area contributed by atoms with Gasteiger partial charge in [-0.1, -0.05) is 43.2 Å². The van der Waals surface area contributed by atoms with Crippen molar-refractivity contribution in [3.05, 3.63) is 65.2 Å². The van der Waals surface area contributed by atoms with E-state index in [-0.39, 0.29) is 23.4 Å². The summed E-state index contributed by atoms with van der Waals surface area (Å²) in [6, 6.07) is 14.0. The van der Waals surface area contributed by atoms with Crippen molar-refractivity contribution < 1.29 is 13.2 Å². The van der Waals surface area contributed by atoms with E-state index < -0.39 is 10.0 Å². The number of nitrogens with one attached hydrogen (secondary N) is 1. The van der Waals surface area contributed by atoms with Crippen LogP contribution >= 0.6 is 0 Å². The van der Waals surface area contributed by atoms with Gasteiger partial charge in [-0.2, -0.15) is 4.31 Å². The molecule has 0 aliphatic carbocycles. The Bertz CT molecular complexity index is 859. The smallest absolute Gasteiger partial charge is 0.251 e. The minimum absolute atomic E-state index is 0.108. The van der Waals surface area contributed by atoms with Crippen LogP contribution in [0, 0.1) is 6.92 Å². The van der Waals surface area contributed by atoms with Gasteiger partial charge in [0.2, 0.25) is 10.0 Å². The topological polar surface area (TPSA) is 66.5 Å². The molecule has 0 spiro atoms. The Morgan fingerprint density at radius 3 is 2.22 bits per heavy atom. The Hall–Kier alpha value is -2.18. The lowest BCUT2D eigenvalue weighted by Crippen LogP contribution is -2.32. The van der Waals surface area contributed by atoms with E-state index in [1.165, 1.54) is 4.31 Å². The Balaban J connectivity index is 2.05. The standard InChI is InChI=1S/C21H28N2O3S/c1-5-6-17(3)22-21(24)19-11-9-18(10-12-19)15-23(4)27(25,26)20-13-7-16(2)8-14-20/h7-14,17H,5-6,15H2,1-4H3,(H,22,24)/t17-/m1/s1. The predicted molar refractivity (Wildman–Crippen MR) is 108 cm³/mol. The van der Waals surface area contributed by atoms with Crippen molar-refractivity contribution in [2.45, 2.75) is 51.1 Å². The molecule has 2 aromatic rings. The summed E-state index contributed by atoms with van der Waals surface area (Å²) in [4.78, 5) is 12.5. The van der Waals surface area contributed by atoms with Crippen LogP contribution in [0.2, 0.25) is 0 Å². The third kappa shape index (κ3) is 5.65. The Morgan fingerprint density at radius 2 is 1.67 bits per heavy atom. The van der Waals surface area contributed by atoms with E-state index in [1.807, 2.05) is 13.8 Å². The van der Waals surface area contributed by atoms with Crippen LogP contribution in [0.5, 0.6) is 0 Å². The Labute approximate surface area is 162 Å². The molecule has 0 aliphatic heterocycles. The third-order valence-corrected chi connectivity index (χ3v) is 6.27. The summed E-state index contributed by atoms with van der Waals surface area (Å²) in [5.74, 6) is -0.108. The van der Waals surface area contributed by atoms with Gasteiger partial charge in [0.15, 0.2) is 0 Å². The molecule has 1 N–H and O–H groups in total. The number of amides is 1. The number of carbonyl (C=O) groups excluding carboxylic acids is 1. The molecular weight excluding hydrogens is 360 g/mol. The van der Waals surface area contributed by atoms with Crippen molar-refractivity contribution in [1.82, 2.24) is 9.62 Å². The van der Waals surface area contributed by atoms with Crippen LogP contribution in [0.4, 0.5) is 0 Å².